The summed E-state index contributed by atoms with van der Waals surface area (Å²) < 4.78 is 0. The van der Waals surface area contributed by atoms with Crippen molar-refractivity contribution >= 4 is 80.2 Å². The Labute approximate surface area is 299 Å². The Bertz CT molecular complexity index is 2170. The molecule has 5 amide bonds. The summed E-state index contributed by atoms with van der Waals surface area (Å²) in [6, 6.07) is 29.8. The lowest BCUT2D eigenvalue weighted by atomic mass is 10.1. The first-order valence-corrected chi connectivity index (χ1v) is 16.3. The average Bonchev–Trinajstić information content (AvgIpc) is 3.07. The summed E-state index contributed by atoms with van der Waals surface area (Å²) in [6.45, 7) is 4.03. The van der Waals surface area contributed by atoms with Gasteiger partial charge in [-0.1, -0.05) is 72.3 Å². The highest BCUT2D eigenvalue weighted by Crippen LogP contribution is 2.20. The minimum Gasteiger partial charge on any atom is -0.369 e. The van der Waals surface area contributed by atoms with Crippen LogP contribution in [0.25, 0.3) is 21.5 Å². The number of fused-ring (bicyclic) bond motifs is 2. The number of nitrogens with one attached hydrogen (secondary N) is 5. The van der Waals surface area contributed by atoms with Crippen LogP contribution in [0.15, 0.2) is 97.1 Å². The van der Waals surface area contributed by atoms with Crippen LogP contribution in [0.1, 0.15) is 17.8 Å². The SMILES string of the molecule is Cc1cc(Cl)nc(NC(=O)Nc2ccc3ccccc3c2)n1.Cc1cc(NCCC(=O)N(C)C)nc(NC(=O)Nc2ccc3ccccc3c2)n1. The number of carbonyl (C=O) groups excluding carboxylic acids is 3. The van der Waals surface area contributed by atoms with Gasteiger partial charge in [-0.2, -0.15) is 4.98 Å². The number of anilines is 5. The molecule has 4 aromatic carbocycles. The maximum absolute atomic E-state index is 12.3. The molecular weight excluding hydrogens is 668 g/mol. The topological polar surface area (TPSA) is 166 Å². The molecule has 0 fully saturated rings. The largest absolute Gasteiger partial charge is 0.369 e. The Morgan fingerprint density at radius 2 is 1.10 bits per heavy atom. The number of rotatable bonds is 8. The standard InChI is InChI=1S/C21H24N6O2.C16H13ClN4O/c1-14-12-18(22-11-10-19(28)27(2)3)25-20(23-14)26-21(29)24-17-9-8-15-6-4-5-7-16(15)13-17;1-10-8-14(17)20-15(18-10)21-16(22)19-13-7-6-11-4-2-3-5-12(11)9-13/h4-9,12-13H,10-11H2,1-3H3,(H3,22,23,24,25,26,29);2-9H,1H3,(H2,18,19,20,21,22). The van der Waals surface area contributed by atoms with Gasteiger partial charge in [0.15, 0.2) is 0 Å². The minimum absolute atomic E-state index is 0.0244. The molecule has 6 aromatic rings. The van der Waals surface area contributed by atoms with Crippen LogP contribution >= 0.6 is 11.6 Å². The fourth-order valence-electron chi connectivity index (χ4n) is 4.88. The molecule has 0 aliphatic heterocycles. The first-order valence-electron chi connectivity index (χ1n) is 16.0. The Morgan fingerprint density at radius 1 is 0.608 bits per heavy atom. The second-order valence-electron chi connectivity index (χ2n) is 11.6. The van der Waals surface area contributed by atoms with Gasteiger partial charge in [-0.3, -0.25) is 15.4 Å². The molecule has 0 bridgehead atoms. The smallest absolute Gasteiger partial charge is 0.326 e. The van der Waals surface area contributed by atoms with Crippen molar-refractivity contribution in [3.05, 3.63) is 114 Å². The molecule has 51 heavy (non-hydrogen) atoms. The molecule has 2 heterocycles. The summed E-state index contributed by atoms with van der Waals surface area (Å²) in [5.41, 5.74) is 2.74. The maximum Gasteiger partial charge on any atom is 0.326 e. The summed E-state index contributed by atoms with van der Waals surface area (Å²) in [6.07, 6.45) is 0.348. The molecule has 0 radical (unpaired) electrons. The highest BCUT2D eigenvalue weighted by Gasteiger charge is 2.10. The van der Waals surface area contributed by atoms with E-state index in [1.54, 1.807) is 33.2 Å². The van der Waals surface area contributed by atoms with E-state index in [9.17, 15) is 14.4 Å². The molecule has 2 aromatic heterocycles. The normalized spacial score (nSPS) is 10.5. The van der Waals surface area contributed by atoms with Crippen molar-refractivity contribution in [2.45, 2.75) is 20.3 Å². The van der Waals surface area contributed by atoms with Gasteiger partial charge in [0.05, 0.1) is 0 Å². The van der Waals surface area contributed by atoms with Gasteiger partial charge in [0, 0.05) is 55.9 Å². The molecule has 0 saturated carbocycles. The summed E-state index contributed by atoms with van der Waals surface area (Å²) in [5, 5.41) is 18.4. The number of amides is 5. The van der Waals surface area contributed by atoms with Crippen LogP contribution in [0.3, 0.4) is 0 Å². The molecule has 0 spiro atoms. The number of carbonyl (C=O) groups is 3. The van der Waals surface area contributed by atoms with Crippen molar-refractivity contribution in [2.75, 3.05) is 47.2 Å². The first-order chi connectivity index (χ1) is 24.5. The monoisotopic (exact) mass is 704 g/mol. The van der Waals surface area contributed by atoms with E-state index >= 15 is 0 Å². The van der Waals surface area contributed by atoms with E-state index in [0.717, 1.165) is 21.5 Å². The van der Waals surface area contributed by atoms with E-state index in [2.05, 4.69) is 46.5 Å². The summed E-state index contributed by atoms with van der Waals surface area (Å²) in [7, 11) is 3.43. The zero-order chi connectivity index (χ0) is 36.3. The molecule has 6 rings (SSSR count). The molecule has 5 N–H and O–H groups in total. The molecule has 0 aliphatic carbocycles. The van der Waals surface area contributed by atoms with Crippen molar-refractivity contribution in [3.8, 4) is 0 Å². The third-order valence-electron chi connectivity index (χ3n) is 7.29. The average molecular weight is 705 g/mol. The zero-order valence-corrected chi connectivity index (χ0v) is 29.2. The lowest BCUT2D eigenvalue weighted by Gasteiger charge is -2.12. The number of urea groups is 2. The zero-order valence-electron chi connectivity index (χ0n) is 28.5. The Balaban J connectivity index is 0.000000205. The molecule has 0 aliphatic rings. The van der Waals surface area contributed by atoms with Crippen molar-refractivity contribution < 1.29 is 14.4 Å². The number of benzene rings is 4. The van der Waals surface area contributed by atoms with E-state index in [4.69, 9.17) is 11.6 Å². The van der Waals surface area contributed by atoms with Gasteiger partial charge in [0.2, 0.25) is 17.8 Å². The number of nitrogens with zero attached hydrogens (tertiary/aromatic N) is 5. The van der Waals surface area contributed by atoms with Crippen LogP contribution in [0.4, 0.5) is 38.7 Å². The lowest BCUT2D eigenvalue weighted by molar-refractivity contribution is -0.128. The highest BCUT2D eigenvalue weighted by atomic mass is 35.5. The fraction of sp³-hybridized carbons (Fsp3) is 0.162. The van der Waals surface area contributed by atoms with Gasteiger partial charge >= 0.3 is 12.1 Å². The second-order valence-corrected chi connectivity index (χ2v) is 12.0. The summed E-state index contributed by atoms with van der Waals surface area (Å²) in [4.78, 5) is 54.1. The fourth-order valence-corrected chi connectivity index (χ4v) is 5.12. The number of aromatic nitrogens is 4. The summed E-state index contributed by atoms with van der Waals surface area (Å²) in [5.74, 6) is 0.925. The van der Waals surface area contributed by atoms with Crippen LogP contribution in [0, 0.1) is 13.8 Å². The number of hydrogen-bond donors (Lipinski definition) is 5. The van der Waals surface area contributed by atoms with Crippen LogP contribution in [-0.4, -0.2) is 63.4 Å². The van der Waals surface area contributed by atoms with Crippen molar-refractivity contribution in [2.24, 2.45) is 0 Å². The molecule has 0 atom stereocenters. The van der Waals surface area contributed by atoms with Crippen molar-refractivity contribution in [3.63, 3.8) is 0 Å². The van der Waals surface area contributed by atoms with Crippen LogP contribution in [0.2, 0.25) is 5.15 Å². The molecule has 260 valence electrons. The molecule has 0 unspecified atom stereocenters. The molecule has 14 heteroatoms. The Morgan fingerprint density at radius 3 is 1.61 bits per heavy atom. The number of hydrogen-bond acceptors (Lipinski definition) is 8. The van der Waals surface area contributed by atoms with Gasteiger partial charge in [-0.25, -0.2) is 24.5 Å². The predicted octanol–water partition coefficient (Wildman–Crippen LogP) is 7.71. The number of aryl methyl sites for hydroxylation is 2. The minimum atomic E-state index is -0.431. The van der Waals surface area contributed by atoms with Gasteiger partial charge in [-0.05, 0) is 65.7 Å². The predicted molar refractivity (Wildman–Crippen MR) is 204 cm³/mol. The number of halogens is 1. The Kier molecular flexibility index (Phi) is 11.9. The molecule has 0 saturated heterocycles. The van der Waals surface area contributed by atoms with E-state index in [0.29, 0.717) is 41.5 Å². The van der Waals surface area contributed by atoms with Crippen molar-refractivity contribution in [1.29, 1.82) is 0 Å². The third-order valence-corrected chi connectivity index (χ3v) is 7.48. The van der Waals surface area contributed by atoms with Crippen LogP contribution < -0.4 is 26.6 Å². The van der Waals surface area contributed by atoms with Crippen molar-refractivity contribution in [1.82, 2.24) is 24.8 Å². The van der Waals surface area contributed by atoms with Gasteiger partial charge in [-0.15, -0.1) is 0 Å². The molecular formula is C37H37ClN10O3. The van der Waals surface area contributed by atoms with E-state index < -0.39 is 12.1 Å². The van der Waals surface area contributed by atoms with Gasteiger partial charge in [0.1, 0.15) is 11.0 Å². The summed E-state index contributed by atoms with van der Waals surface area (Å²) >= 11 is 5.84. The van der Waals surface area contributed by atoms with E-state index in [1.165, 1.54) is 4.90 Å². The maximum atomic E-state index is 12.3. The van der Waals surface area contributed by atoms with Crippen LogP contribution in [-0.2, 0) is 4.79 Å². The van der Waals surface area contributed by atoms with Crippen LogP contribution in [0.5, 0.6) is 0 Å². The molecule has 13 nitrogen and oxygen atoms in total. The van der Waals surface area contributed by atoms with E-state index in [1.807, 2.05) is 91.9 Å². The van der Waals surface area contributed by atoms with Gasteiger partial charge < -0.3 is 20.9 Å². The van der Waals surface area contributed by atoms with Gasteiger partial charge in [0.25, 0.3) is 0 Å². The highest BCUT2D eigenvalue weighted by molar-refractivity contribution is 6.29. The third kappa shape index (κ3) is 10.8. The lowest BCUT2D eigenvalue weighted by Crippen LogP contribution is -2.24. The van der Waals surface area contributed by atoms with E-state index in [-0.39, 0.29) is 23.0 Å². The Hall–Kier alpha value is -6.34. The first kappa shape index (κ1) is 36.0. The second kappa shape index (κ2) is 16.9. The quantitative estimate of drug-likeness (QED) is 0.101.